The van der Waals surface area contributed by atoms with Crippen molar-refractivity contribution >= 4 is 65.4 Å². The Morgan fingerprint density at radius 3 is 1.75 bits per heavy atom. The average molecular weight is 738 g/mol. The molecule has 12 rings (SSSR count). The average Bonchev–Trinajstić information content (AvgIpc) is 4.03. The minimum atomic E-state index is -0.690. The minimum absolute atomic E-state index is 0.0207. The number of fused-ring (bicyclic) bond motifs is 10. The van der Waals surface area contributed by atoms with Crippen molar-refractivity contribution in [2.75, 3.05) is 0 Å². The predicted octanol–water partition coefficient (Wildman–Crippen LogP) is 14.3. The quantitative estimate of drug-likeness (QED) is 0.167. The number of rotatable bonds is 5. The molecule has 0 saturated heterocycles. The Hall–Kier alpha value is -7.62. The third-order valence-electron chi connectivity index (χ3n) is 11.0. The zero-order valence-electron chi connectivity index (χ0n) is 42.1. The molecule has 0 aliphatic rings. The van der Waals surface area contributed by atoms with E-state index in [1.165, 1.54) is 0 Å². The van der Waals surface area contributed by atoms with Gasteiger partial charge in [0.15, 0.2) is 0 Å². The maximum atomic E-state index is 10.1. The second-order valence-corrected chi connectivity index (χ2v) is 14.0. The molecule has 3 aromatic heterocycles. The van der Waals surface area contributed by atoms with Crippen LogP contribution in [0.2, 0.25) is 0 Å². The molecule has 0 spiro atoms. The first-order valence-corrected chi connectivity index (χ1v) is 18.6. The summed E-state index contributed by atoms with van der Waals surface area (Å²) >= 11 is 0. The molecule has 266 valence electrons. The molecule has 0 atom stereocenters. The first-order valence-electron chi connectivity index (χ1n) is 24.6. The van der Waals surface area contributed by atoms with Crippen LogP contribution in [-0.4, -0.2) is 13.7 Å². The number of hydrogen-bond acceptors (Lipinski definition) is 0. The Labute approximate surface area is 346 Å². The van der Waals surface area contributed by atoms with Crippen LogP contribution in [0.4, 0.5) is 0 Å². The van der Waals surface area contributed by atoms with Crippen LogP contribution in [0, 0.1) is 0 Å². The fraction of sp³-hybridized carbons (Fsp3) is 0. The highest BCUT2D eigenvalue weighted by Gasteiger charge is 2.23. The summed E-state index contributed by atoms with van der Waals surface area (Å²) in [6.07, 6.45) is 0. The number of nitrogens with zero attached hydrogens (tertiary/aromatic N) is 3. The van der Waals surface area contributed by atoms with Gasteiger partial charge in [-0.2, -0.15) is 0 Å². The Morgan fingerprint density at radius 2 is 0.947 bits per heavy atom. The molecule has 57 heavy (non-hydrogen) atoms. The highest BCUT2D eigenvalue weighted by atomic mass is 15.0. The van der Waals surface area contributed by atoms with E-state index >= 15 is 0 Å². The summed E-state index contributed by atoms with van der Waals surface area (Å²) in [6, 6.07) is 39.4. The van der Waals surface area contributed by atoms with Crippen molar-refractivity contribution in [3.8, 4) is 39.3 Å². The van der Waals surface area contributed by atoms with E-state index in [-0.39, 0.29) is 33.4 Å². The van der Waals surface area contributed by atoms with Gasteiger partial charge in [-0.3, -0.25) is 0 Å². The minimum Gasteiger partial charge on any atom is -0.309 e. The smallest absolute Gasteiger partial charge is 0.0652 e. The van der Waals surface area contributed by atoms with Gasteiger partial charge in [0, 0.05) is 49.1 Å². The lowest BCUT2D eigenvalue weighted by molar-refractivity contribution is 1.17. The van der Waals surface area contributed by atoms with E-state index in [1.54, 1.807) is 12.1 Å². The molecule has 0 bridgehead atoms. The van der Waals surface area contributed by atoms with Gasteiger partial charge in [-0.15, -0.1) is 0 Å². The van der Waals surface area contributed by atoms with Crippen LogP contribution < -0.4 is 0 Å². The summed E-state index contributed by atoms with van der Waals surface area (Å²) < 4.78 is 114. The van der Waals surface area contributed by atoms with Gasteiger partial charge in [-0.25, -0.2) is 0 Å². The highest BCUT2D eigenvalue weighted by molar-refractivity contribution is 6.26. The van der Waals surface area contributed by atoms with Gasteiger partial charge >= 0.3 is 0 Å². The first-order chi connectivity index (χ1) is 33.3. The number of hydrogen-bond donors (Lipinski definition) is 0. The lowest BCUT2D eigenvalue weighted by atomic mass is 10.0. The van der Waals surface area contributed by atoms with Crippen LogP contribution in [0.1, 0.15) is 16.4 Å². The molecular weight excluding hydrogens is 691 g/mol. The maximum absolute atomic E-state index is 10.1. The van der Waals surface area contributed by atoms with Gasteiger partial charge in [0.1, 0.15) is 0 Å². The van der Waals surface area contributed by atoms with Crippen molar-refractivity contribution in [3.05, 3.63) is 212 Å². The van der Waals surface area contributed by atoms with Gasteiger partial charge in [-0.05, 0) is 65.6 Å². The Balaban J connectivity index is 1.22. The largest absolute Gasteiger partial charge is 0.309 e. The van der Waals surface area contributed by atoms with Gasteiger partial charge in [0.05, 0.1) is 60.9 Å². The van der Waals surface area contributed by atoms with Gasteiger partial charge in [0.25, 0.3) is 0 Å². The zero-order chi connectivity index (χ0) is 47.9. The zero-order valence-corrected chi connectivity index (χ0v) is 30.1. The molecule has 0 aliphatic carbocycles. The summed E-state index contributed by atoms with van der Waals surface area (Å²) in [4.78, 5) is 0. The van der Waals surface area contributed by atoms with Crippen molar-refractivity contribution in [2.24, 2.45) is 0 Å². The molecule has 0 fully saturated rings. The standard InChI is InChI=1S/C54H35N3/c1-3-17-36(18-4-1)39-21-7-13-27-47(39)57-49-29-15-10-24-42(49)44-33-34-51-53(54(44)57)45-25-11-16-30-50(45)56(51)46-26-12-8-22-40(46)37-31-32-43-41-23-9-14-28-48(41)55(52(43)35-37)38-19-5-2-6-20-38/h1-35H/i2D,5D,6D,9D,14D,19D,20D,23D,28D,31D,32D,35D. The molecule has 3 heteroatoms. The maximum Gasteiger partial charge on any atom is 0.0652 e. The third kappa shape index (κ3) is 4.66. The summed E-state index contributed by atoms with van der Waals surface area (Å²) in [5.74, 6) is 0. The number of para-hydroxylation sites is 6. The second kappa shape index (κ2) is 12.5. The molecule has 3 heterocycles. The summed E-state index contributed by atoms with van der Waals surface area (Å²) in [6.45, 7) is 0. The summed E-state index contributed by atoms with van der Waals surface area (Å²) in [7, 11) is 0. The van der Waals surface area contributed by atoms with Crippen LogP contribution in [0.25, 0.3) is 105 Å². The molecule has 9 aromatic carbocycles. The van der Waals surface area contributed by atoms with E-state index in [4.69, 9.17) is 12.3 Å². The fourth-order valence-corrected chi connectivity index (χ4v) is 8.65. The normalized spacial score (nSPS) is 14.8. The number of aromatic nitrogens is 3. The van der Waals surface area contributed by atoms with Crippen molar-refractivity contribution in [2.45, 2.75) is 0 Å². The molecule has 0 N–H and O–H groups in total. The van der Waals surface area contributed by atoms with Crippen LogP contribution in [0.5, 0.6) is 0 Å². The summed E-state index contributed by atoms with van der Waals surface area (Å²) in [5.41, 5.74) is 6.72. The number of benzene rings is 9. The van der Waals surface area contributed by atoms with Crippen molar-refractivity contribution in [1.29, 1.82) is 0 Å². The summed E-state index contributed by atoms with van der Waals surface area (Å²) in [5, 5.41) is 3.62. The third-order valence-corrected chi connectivity index (χ3v) is 11.0. The lowest BCUT2D eigenvalue weighted by Crippen LogP contribution is -1.99. The van der Waals surface area contributed by atoms with Crippen molar-refractivity contribution < 1.29 is 16.4 Å². The molecule has 0 aliphatic heterocycles. The van der Waals surface area contributed by atoms with Crippen molar-refractivity contribution in [1.82, 2.24) is 13.7 Å². The van der Waals surface area contributed by atoms with E-state index in [2.05, 4.69) is 63.7 Å². The Morgan fingerprint density at radius 1 is 0.333 bits per heavy atom. The molecular formula is C54H35N3. The molecule has 0 radical (unpaired) electrons. The SMILES string of the molecule is [2H]c1c([2H])c([2H])c(-n2c3c([2H])c([2H])c([2H])c([2H])c3c3c([2H])c([2H])c(-c4ccccc4-n4c5ccccc5c5c4ccc4c6ccccc6n(-c6ccccc6-c6ccccc6)c45)c([2H])c32)c([2H])c1[2H]. The molecule has 0 amide bonds. The predicted molar refractivity (Wildman–Crippen MR) is 240 cm³/mol. The van der Waals surface area contributed by atoms with Crippen LogP contribution in [0.15, 0.2) is 212 Å². The van der Waals surface area contributed by atoms with E-state index in [0.29, 0.717) is 11.3 Å². The monoisotopic (exact) mass is 737 g/mol. The first kappa shape index (κ1) is 22.1. The molecule has 0 unspecified atom stereocenters. The fourth-order valence-electron chi connectivity index (χ4n) is 8.65. The van der Waals surface area contributed by atoms with E-state index in [9.17, 15) is 4.11 Å². The van der Waals surface area contributed by atoms with E-state index in [1.807, 2.05) is 72.8 Å². The van der Waals surface area contributed by atoms with Gasteiger partial charge in [0.2, 0.25) is 0 Å². The van der Waals surface area contributed by atoms with E-state index < -0.39 is 72.2 Å². The van der Waals surface area contributed by atoms with Crippen LogP contribution >= 0.6 is 0 Å². The van der Waals surface area contributed by atoms with E-state index in [0.717, 1.165) is 65.0 Å². The Kier molecular flexibility index (Phi) is 4.82. The lowest BCUT2D eigenvalue weighted by Gasteiger charge is -2.16. The van der Waals surface area contributed by atoms with Crippen LogP contribution in [0.3, 0.4) is 0 Å². The second-order valence-electron chi connectivity index (χ2n) is 14.0. The molecule has 0 saturated carbocycles. The molecule has 3 nitrogen and oxygen atoms in total. The topological polar surface area (TPSA) is 14.8 Å². The van der Waals surface area contributed by atoms with Crippen molar-refractivity contribution in [3.63, 3.8) is 0 Å². The van der Waals surface area contributed by atoms with Crippen LogP contribution in [-0.2, 0) is 0 Å². The highest BCUT2D eigenvalue weighted by Crippen LogP contribution is 2.45. The molecule has 12 aromatic rings. The van der Waals surface area contributed by atoms with Gasteiger partial charge in [-0.1, -0.05) is 158 Å². The van der Waals surface area contributed by atoms with Gasteiger partial charge < -0.3 is 13.7 Å². The Bertz CT molecular complexity index is 4200.